The summed E-state index contributed by atoms with van der Waals surface area (Å²) in [5.74, 6) is 0.0629. The molecular formula is C20H18N2O4. The van der Waals surface area contributed by atoms with Crippen molar-refractivity contribution in [3.05, 3.63) is 65.5 Å². The number of aromatic nitrogens is 2. The molecular weight excluding hydrogens is 332 g/mol. The van der Waals surface area contributed by atoms with Crippen LogP contribution in [0.5, 0.6) is 11.5 Å². The summed E-state index contributed by atoms with van der Waals surface area (Å²) in [5, 5.41) is 8.71. The van der Waals surface area contributed by atoms with Crippen LogP contribution in [-0.2, 0) is 11.4 Å². The van der Waals surface area contributed by atoms with Crippen LogP contribution < -0.4 is 9.47 Å². The number of para-hydroxylation sites is 2. The zero-order valence-electron chi connectivity index (χ0n) is 14.5. The first kappa shape index (κ1) is 17.4. The number of hydrogen-bond acceptors (Lipinski definition) is 5. The zero-order chi connectivity index (χ0) is 18.5. The third-order valence-corrected chi connectivity index (χ3v) is 3.81. The van der Waals surface area contributed by atoms with Crippen LogP contribution in [0.3, 0.4) is 0 Å². The van der Waals surface area contributed by atoms with Crippen LogP contribution in [0.4, 0.5) is 0 Å². The largest absolute Gasteiger partial charge is 0.493 e. The molecule has 26 heavy (non-hydrogen) atoms. The Kier molecular flexibility index (Phi) is 5.12. The molecule has 1 N–H and O–H groups in total. The van der Waals surface area contributed by atoms with Crippen molar-refractivity contribution in [2.24, 2.45) is 0 Å². The SMILES string of the molecule is COc1cc(/C=C/C(=O)O)ccc1OCc1nc2ccccc2nc1C. The van der Waals surface area contributed by atoms with E-state index in [-0.39, 0.29) is 6.61 Å². The topological polar surface area (TPSA) is 81.5 Å². The van der Waals surface area contributed by atoms with E-state index in [1.165, 1.54) is 13.2 Å². The predicted octanol–water partition coefficient (Wildman–Crippen LogP) is 3.62. The van der Waals surface area contributed by atoms with Gasteiger partial charge in [-0.2, -0.15) is 0 Å². The summed E-state index contributed by atoms with van der Waals surface area (Å²) in [4.78, 5) is 19.8. The second-order valence-electron chi connectivity index (χ2n) is 5.61. The minimum atomic E-state index is -1.00. The number of aryl methyl sites for hydroxylation is 1. The molecule has 3 rings (SSSR count). The molecule has 0 fully saturated rings. The molecule has 0 unspecified atom stereocenters. The summed E-state index contributed by atoms with van der Waals surface area (Å²) in [6.07, 6.45) is 2.57. The molecule has 0 spiro atoms. The summed E-state index contributed by atoms with van der Waals surface area (Å²) in [5.41, 5.74) is 3.93. The van der Waals surface area contributed by atoms with Gasteiger partial charge in [-0.25, -0.2) is 14.8 Å². The van der Waals surface area contributed by atoms with Gasteiger partial charge in [0.2, 0.25) is 0 Å². The van der Waals surface area contributed by atoms with E-state index in [2.05, 4.69) is 9.97 Å². The molecule has 3 aromatic rings. The van der Waals surface area contributed by atoms with Crippen LogP contribution >= 0.6 is 0 Å². The van der Waals surface area contributed by atoms with Crippen molar-refractivity contribution in [3.63, 3.8) is 0 Å². The van der Waals surface area contributed by atoms with E-state index in [9.17, 15) is 4.79 Å². The molecule has 0 bridgehead atoms. The van der Waals surface area contributed by atoms with Gasteiger partial charge in [-0.3, -0.25) is 0 Å². The Bertz CT molecular complexity index is 983. The highest BCUT2D eigenvalue weighted by Gasteiger charge is 2.09. The molecule has 0 aliphatic heterocycles. The maximum absolute atomic E-state index is 10.6. The van der Waals surface area contributed by atoms with Crippen LogP contribution in [-0.4, -0.2) is 28.2 Å². The Hall–Kier alpha value is -3.41. The standard InChI is InChI=1S/C20H18N2O4/c1-13-17(22-16-6-4-3-5-15(16)21-13)12-26-18-9-7-14(8-10-20(23)24)11-19(18)25-2/h3-11H,12H2,1-2H3,(H,23,24)/b10-8+. The first-order valence-corrected chi connectivity index (χ1v) is 8.01. The van der Waals surface area contributed by atoms with E-state index in [1.807, 2.05) is 31.2 Å². The predicted molar refractivity (Wildman–Crippen MR) is 98.3 cm³/mol. The Balaban J connectivity index is 1.81. The number of carboxylic acids is 1. The van der Waals surface area contributed by atoms with E-state index < -0.39 is 5.97 Å². The van der Waals surface area contributed by atoms with Crippen LogP contribution in [0.2, 0.25) is 0 Å². The van der Waals surface area contributed by atoms with Crippen LogP contribution in [0.25, 0.3) is 17.1 Å². The molecule has 0 atom stereocenters. The number of aliphatic carboxylic acids is 1. The lowest BCUT2D eigenvalue weighted by Gasteiger charge is -2.12. The maximum atomic E-state index is 10.6. The van der Waals surface area contributed by atoms with Gasteiger partial charge in [0.05, 0.1) is 29.5 Å². The summed E-state index contributed by atoms with van der Waals surface area (Å²) in [7, 11) is 1.54. The van der Waals surface area contributed by atoms with Crippen molar-refractivity contribution in [1.82, 2.24) is 9.97 Å². The lowest BCUT2D eigenvalue weighted by atomic mass is 10.2. The summed E-state index contributed by atoms with van der Waals surface area (Å²) >= 11 is 0. The van der Waals surface area contributed by atoms with Crippen molar-refractivity contribution >= 4 is 23.1 Å². The highest BCUT2D eigenvalue weighted by atomic mass is 16.5. The van der Waals surface area contributed by atoms with Gasteiger partial charge in [0, 0.05) is 6.08 Å². The average Bonchev–Trinajstić information content (AvgIpc) is 2.64. The normalized spacial score (nSPS) is 11.0. The molecule has 1 heterocycles. The Morgan fingerprint density at radius 2 is 1.85 bits per heavy atom. The van der Waals surface area contributed by atoms with Crippen LogP contribution in [0.15, 0.2) is 48.5 Å². The molecule has 0 saturated carbocycles. The monoisotopic (exact) mass is 350 g/mol. The van der Waals surface area contributed by atoms with Gasteiger partial charge in [-0.1, -0.05) is 18.2 Å². The molecule has 0 aliphatic rings. The van der Waals surface area contributed by atoms with Gasteiger partial charge < -0.3 is 14.6 Å². The number of methoxy groups -OCH3 is 1. The fraction of sp³-hybridized carbons (Fsp3) is 0.150. The van der Waals surface area contributed by atoms with Crippen molar-refractivity contribution in [3.8, 4) is 11.5 Å². The summed E-state index contributed by atoms with van der Waals surface area (Å²) in [6.45, 7) is 2.15. The van der Waals surface area contributed by atoms with Gasteiger partial charge in [-0.05, 0) is 42.8 Å². The lowest BCUT2D eigenvalue weighted by molar-refractivity contribution is -0.131. The summed E-state index contributed by atoms with van der Waals surface area (Å²) in [6, 6.07) is 12.9. The van der Waals surface area contributed by atoms with E-state index >= 15 is 0 Å². The molecule has 6 heteroatoms. The quantitative estimate of drug-likeness (QED) is 0.684. The lowest BCUT2D eigenvalue weighted by Crippen LogP contribution is -2.04. The van der Waals surface area contributed by atoms with Gasteiger partial charge in [0.15, 0.2) is 11.5 Å². The van der Waals surface area contributed by atoms with Gasteiger partial charge in [0.1, 0.15) is 6.61 Å². The zero-order valence-corrected chi connectivity index (χ0v) is 14.5. The van der Waals surface area contributed by atoms with Crippen molar-refractivity contribution < 1.29 is 19.4 Å². The van der Waals surface area contributed by atoms with Crippen molar-refractivity contribution in [1.29, 1.82) is 0 Å². The number of benzene rings is 2. The van der Waals surface area contributed by atoms with E-state index in [0.717, 1.165) is 28.5 Å². The van der Waals surface area contributed by atoms with Crippen LogP contribution in [0.1, 0.15) is 17.0 Å². The molecule has 0 aliphatic carbocycles. The van der Waals surface area contributed by atoms with Gasteiger partial charge in [0.25, 0.3) is 0 Å². The molecule has 1 aromatic heterocycles. The number of hydrogen-bond donors (Lipinski definition) is 1. The second kappa shape index (κ2) is 7.65. The minimum absolute atomic E-state index is 0.254. The molecule has 0 amide bonds. The minimum Gasteiger partial charge on any atom is -0.493 e. The van der Waals surface area contributed by atoms with E-state index in [0.29, 0.717) is 17.1 Å². The summed E-state index contributed by atoms with van der Waals surface area (Å²) < 4.78 is 11.2. The fourth-order valence-electron chi connectivity index (χ4n) is 2.48. The first-order chi connectivity index (χ1) is 12.6. The molecule has 6 nitrogen and oxygen atoms in total. The molecule has 0 radical (unpaired) electrons. The molecule has 2 aromatic carbocycles. The Labute approximate surface area is 150 Å². The number of nitrogens with zero attached hydrogens (tertiary/aromatic N) is 2. The third kappa shape index (κ3) is 3.97. The highest BCUT2D eigenvalue weighted by Crippen LogP contribution is 2.29. The maximum Gasteiger partial charge on any atom is 0.328 e. The first-order valence-electron chi connectivity index (χ1n) is 8.01. The van der Waals surface area contributed by atoms with E-state index in [4.69, 9.17) is 14.6 Å². The van der Waals surface area contributed by atoms with Crippen LogP contribution in [0, 0.1) is 6.92 Å². The third-order valence-electron chi connectivity index (χ3n) is 3.81. The van der Waals surface area contributed by atoms with Gasteiger partial charge >= 0.3 is 5.97 Å². The fourth-order valence-corrected chi connectivity index (χ4v) is 2.48. The van der Waals surface area contributed by atoms with Crippen molar-refractivity contribution in [2.75, 3.05) is 7.11 Å². The second-order valence-corrected chi connectivity index (χ2v) is 5.61. The van der Waals surface area contributed by atoms with E-state index in [1.54, 1.807) is 18.2 Å². The number of rotatable bonds is 6. The average molecular weight is 350 g/mol. The van der Waals surface area contributed by atoms with Crippen molar-refractivity contribution in [2.45, 2.75) is 13.5 Å². The smallest absolute Gasteiger partial charge is 0.328 e. The van der Waals surface area contributed by atoms with Gasteiger partial charge in [-0.15, -0.1) is 0 Å². The number of carboxylic acid groups (broad SMARTS) is 1. The molecule has 132 valence electrons. The highest BCUT2D eigenvalue weighted by molar-refractivity contribution is 5.85. The number of carbonyl (C=O) groups is 1. The number of fused-ring (bicyclic) bond motifs is 1. The number of ether oxygens (including phenoxy) is 2. The Morgan fingerprint density at radius 1 is 1.12 bits per heavy atom. The Morgan fingerprint density at radius 3 is 2.54 bits per heavy atom. The molecule has 0 saturated heterocycles.